The second kappa shape index (κ2) is 5.80. The monoisotopic (exact) mass is 305 g/mol. The number of carbonyl (C=O) groups excluding carboxylic acids is 1. The number of amides is 1. The fourth-order valence-corrected chi connectivity index (χ4v) is 2.42. The number of carbonyl (C=O) groups is 1. The number of hydrogen-bond donors (Lipinski definition) is 1. The van der Waals surface area contributed by atoms with Crippen LogP contribution in [0, 0.1) is 0 Å². The van der Waals surface area contributed by atoms with Crippen LogP contribution in [0.4, 0.5) is 5.69 Å². The molecule has 0 fully saturated rings. The average Bonchev–Trinajstić information content (AvgIpc) is 2.83. The van der Waals surface area contributed by atoms with E-state index in [1.54, 1.807) is 6.21 Å². The van der Waals surface area contributed by atoms with Crippen molar-refractivity contribution in [3.05, 3.63) is 65.2 Å². The van der Waals surface area contributed by atoms with Crippen LogP contribution in [0.1, 0.15) is 37.5 Å². The summed E-state index contributed by atoms with van der Waals surface area (Å²) in [5, 5.41) is 10.9. The number of fused-ring (bicyclic) bond motifs is 1. The average molecular weight is 305 g/mol. The third kappa shape index (κ3) is 3.21. The van der Waals surface area contributed by atoms with Crippen molar-refractivity contribution < 1.29 is 4.79 Å². The molecule has 1 aliphatic rings. The van der Waals surface area contributed by atoms with Gasteiger partial charge in [0, 0.05) is 5.56 Å². The van der Waals surface area contributed by atoms with Crippen LogP contribution >= 0.6 is 0 Å². The van der Waals surface area contributed by atoms with E-state index in [9.17, 15) is 4.79 Å². The van der Waals surface area contributed by atoms with Crippen LogP contribution in [0.25, 0.3) is 0 Å². The summed E-state index contributed by atoms with van der Waals surface area (Å²) in [5.41, 5.74) is 4.27. The van der Waals surface area contributed by atoms with E-state index in [-0.39, 0.29) is 11.3 Å². The quantitative estimate of drug-likeness (QED) is 0.666. The Balaban J connectivity index is 1.80. The van der Waals surface area contributed by atoms with E-state index >= 15 is 0 Å². The van der Waals surface area contributed by atoms with Crippen molar-refractivity contribution in [3.63, 3.8) is 0 Å². The highest BCUT2D eigenvalue weighted by atomic mass is 16.2. The zero-order valence-corrected chi connectivity index (χ0v) is 13.5. The van der Waals surface area contributed by atoms with Gasteiger partial charge in [0.05, 0.1) is 11.9 Å². The lowest BCUT2D eigenvalue weighted by Gasteiger charge is -2.18. The normalized spacial score (nSPS) is 16.0. The fourth-order valence-electron chi connectivity index (χ4n) is 2.42. The molecule has 2 aromatic rings. The lowest BCUT2D eigenvalue weighted by molar-refractivity contribution is -0.110. The van der Waals surface area contributed by atoms with Gasteiger partial charge in [0.15, 0.2) is 5.71 Å². The Labute approximate surface area is 136 Å². The Hall–Kier alpha value is -2.75. The first-order valence-electron chi connectivity index (χ1n) is 7.57. The minimum absolute atomic E-state index is 0.127. The van der Waals surface area contributed by atoms with E-state index in [4.69, 9.17) is 0 Å². The van der Waals surface area contributed by atoms with Gasteiger partial charge in [-0.1, -0.05) is 63.2 Å². The Morgan fingerprint density at radius 3 is 2.39 bits per heavy atom. The SMILES string of the molecule is CC(C)(C)c1ccc(/C=N\N=C2/C(=O)Nc3ccccc32)cc1. The van der Waals surface area contributed by atoms with Gasteiger partial charge in [-0.05, 0) is 22.6 Å². The Kier molecular flexibility index (Phi) is 3.82. The molecule has 0 radical (unpaired) electrons. The largest absolute Gasteiger partial charge is 0.320 e. The molecule has 1 N–H and O–H groups in total. The lowest BCUT2D eigenvalue weighted by atomic mass is 9.87. The lowest BCUT2D eigenvalue weighted by Crippen LogP contribution is -2.13. The molecule has 4 heteroatoms. The molecular weight excluding hydrogens is 286 g/mol. The summed E-state index contributed by atoms with van der Waals surface area (Å²) in [6.45, 7) is 6.54. The van der Waals surface area contributed by atoms with Crippen LogP contribution in [-0.2, 0) is 10.2 Å². The van der Waals surface area contributed by atoms with Gasteiger partial charge in [-0.25, -0.2) is 0 Å². The molecular formula is C19H19N3O. The molecule has 4 nitrogen and oxygen atoms in total. The highest BCUT2D eigenvalue weighted by Gasteiger charge is 2.25. The Bertz CT molecular complexity index is 796. The van der Waals surface area contributed by atoms with Crippen LogP contribution in [0.2, 0.25) is 0 Å². The molecule has 116 valence electrons. The molecule has 1 heterocycles. The Morgan fingerprint density at radius 2 is 1.70 bits per heavy atom. The minimum atomic E-state index is -0.216. The zero-order chi connectivity index (χ0) is 16.4. The number of anilines is 1. The summed E-state index contributed by atoms with van der Waals surface area (Å²) in [6.07, 6.45) is 1.66. The molecule has 3 rings (SSSR count). The number of nitrogens with one attached hydrogen (secondary N) is 1. The number of nitrogens with zero attached hydrogens (tertiary/aromatic N) is 2. The second-order valence-electron chi connectivity index (χ2n) is 6.56. The number of rotatable bonds is 2. The molecule has 23 heavy (non-hydrogen) atoms. The van der Waals surface area contributed by atoms with Gasteiger partial charge >= 0.3 is 0 Å². The van der Waals surface area contributed by atoms with E-state index < -0.39 is 0 Å². The third-order valence-electron chi connectivity index (χ3n) is 3.79. The highest BCUT2D eigenvalue weighted by Crippen LogP contribution is 2.23. The van der Waals surface area contributed by atoms with Gasteiger partial charge in [-0.15, -0.1) is 5.10 Å². The summed E-state index contributed by atoms with van der Waals surface area (Å²) >= 11 is 0. The van der Waals surface area contributed by atoms with E-state index in [0.29, 0.717) is 5.71 Å². The minimum Gasteiger partial charge on any atom is -0.320 e. The van der Waals surface area contributed by atoms with Gasteiger partial charge in [0.25, 0.3) is 5.91 Å². The van der Waals surface area contributed by atoms with Crippen LogP contribution in [-0.4, -0.2) is 17.8 Å². The number of para-hydroxylation sites is 1. The highest BCUT2D eigenvalue weighted by molar-refractivity contribution is 6.53. The molecule has 0 unspecified atom stereocenters. The fraction of sp³-hybridized carbons (Fsp3) is 0.211. The maximum Gasteiger partial charge on any atom is 0.276 e. The van der Waals surface area contributed by atoms with Gasteiger partial charge in [-0.2, -0.15) is 5.10 Å². The van der Waals surface area contributed by atoms with Crippen molar-refractivity contribution in [3.8, 4) is 0 Å². The van der Waals surface area contributed by atoms with Crippen molar-refractivity contribution in [2.24, 2.45) is 10.2 Å². The maximum atomic E-state index is 11.9. The molecule has 0 aromatic heterocycles. The summed E-state index contributed by atoms with van der Waals surface area (Å²) in [4.78, 5) is 11.9. The summed E-state index contributed by atoms with van der Waals surface area (Å²) in [6, 6.07) is 15.7. The summed E-state index contributed by atoms with van der Waals surface area (Å²) in [5.74, 6) is -0.216. The third-order valence-corrected chi connectivity index (χ3v) is 3.79. The molecule has 0 spiro atoms. The first-order chi connectivity index (χ1) is 10.9. The molecule has 0 bridgehead atoms. The van der Waals surface area contributed by atoms with Gasteiger partial charge in [-0.3, -0.25) is 4.79 Å². The standard InChI is InChI=1S/C19H19N3O/c1-19(2,3)14-10-8-13(9-11-14)12-20-22-17-15-6-4-5-7-16(15)21-18(17)23/h4-12H,1-3H3,(H,21,22,23)/b20-12-. The van der Waals surface area contributed by atoms with E-state index in [0.717, 1.165) is 16.8 Å². The van der Waals surface area contributed by atoms with Gasteiger partial charge in [0.2, 0.25) is 0 Å². The molecule has 0 saturated heterocycles. The Morgan fingerprint density at radius 1 is 1.00 bits per heavy atom. The van der Waals surface area contributed by atoms with Crippen LogP contribution < -0.4 is 5.32 Å². The molecule has 0 atom stereocenters. The summed E-state index contributed by atoms with van der Waals surface area (Å²) in [7, 11) is 0. The van der Waals surface area contributed by atoms with Crippen molar-refractivity contribution in [1.29, 1.82) is 0 Å². The summed E-state index contributed by atoms with van der Waals surface area (Å²) < 4.78 is 0. The first-order valence-corrected chi connectivity index (χ1v) is 7.57. The van der Waals surface area contributed by atoms with Crippen molar-refractivity contribution in [2.75, 3.05) is 5.32 Å². The zero-order valence-electron chi connectivity index (χ0n) is 13.5. The molecule has 0 aliphatic carbocycles. The molecule has 2 aromatic carbocycles. The molecule has 1 aliphatic heterocycles. The van der Waals surface area contributed by atoms with Gasteiger partial charge in [0.1, 0.15) is 0 Å². The van der Waals surface area contributed by atoms with Crippen molar-refractivity contribution in [1.82, 2.24) is 0 Å². The van der Waals surface area contributed by atoms with Crippen molar-refractivity contribution in [2.45, 2.75) is 26.2 Å². The van der Waals surface area contributed by atoms with Crippen LogP contribution in [0.3, 0.4) is 0 Å². The predicted molar refractivity (Wildman–Crippen MR) is 94.3 cm³/mol. The number of hydrogen-bond acceptors (Lipinski definition) is 3. The number of benzene rings is 2. The smallest absolute Gasteiger partial charge is 0.276 e. The molecule has 1 amide bonds. The van der Waals surface area contributed by atoms with Gasteiger partial charge < -0.3 is 5.32 Å². The topological polar surface area (TPSA) is 53.8 Å². The predicted octanol–water partition coefficient (Wildman–Crippen LogP) is 3.76. The first kappa shape index (κ1) is 15.2. The second-order valence-corrected chi connectivity index (χ2v) is 6.56. The maximum absolute atomic E-state index is 11.9. The molecule has 0 saturated carbocycles. The van der Waals surface area contributed by atoms with Crippen LogP contribution in [0.5, 0.6) is 0 Å². The van der Waals surface area contributed by atoms with Crippen molar-refractivity contribution >= 4 is 23.5 Å². The van der Waals surface area contributed by atoms with Crippen LogP contribution in [0.15, 0.2) is 58.7 Å². The van der Waals surface area contributed by atoms with E-state index in [1.165, 1.54) is 5.56 Å². The van der Waals surface area contributed by atoms with E-state index in [2.05, 4.69) is 48.4 Å². The van der Waals surface area contributed by atoms with E-state index in [1.807, 2.05) is 36.4 Å².